The van der Waals surface area contributed by atoms with Gasteiger partial charge in [0.1, 0.15) is 0 Å². The molecule has 0 saturated heterocycles. The van der Waals surface area contributed by atoms with Gasteiger partial charge in [-0.1, -0.05) is 24.3 Å². The highest BCUT2D eigenvalue weighted by molar-refractivity contribution is 5.76. The first-order chi connectivity index (χ1) is 8.81. The van der Waals surface area contributed by atoms with Gasteiger partial charge in [0, 0.05) is 25.0 Å². The Kier molecular flexibility index (Phi) is 3.33. The summed E-state index contributed by atoms with van der Waals surface area (Å²) < 4.78 is 0. The summed E-state index contributed by atoms with van der Waals surface area (Å²) >= 11 is 0. The van der Waals surface area contributed by atoms with Crippen molar-refractivity contribution in [1.29, 1.82) is 0 Å². The summed E-state index contributed by atoms with van der Waals surface area (Å²) in [5.74, 6) is 0.221. The third kappa shape index (κ3) is 2.91. The summed E-state index contributed by atoms with van der Waals surface area (Å²) in [7, 11) is 0. The van der Waals surface area contributed by atoms with Gasteiger partial charge in [0.2, 0.25) is 5.91 Å². The molecule has 0 radical (unpaired) electrons. The molecule has 1 saturated carbocycles. The Labute approximate surface area is 108 Å². The Balaban J connectivity index is 1.48. The number of benzene rings is 1. The lowest BCUT2D eigenvalue weighted by molar-refractivity contribution is -0.121. The molecular weight excluding hydrogens is 224 g/mol. The molecule has 1 atom stereocenters. The Bertz CT molecular complexity index is 440. The summed E-state index contributed by atoms with van der Waals surface area (Å²) in [4.78, 5) is 11.6. The number of hydrogen-bond acceptors (Lipinski definition) is 2. The van der Waals surface area contributed by atoms with Gasteiger partial charge >= 0.3 is 0 Å². The quantitative estimate of drug-likeness (QED) is 0.847. The van der Waals surface area contributed by atoms with Crippen molar-refractivity contribution in [3.05, 3.63) is 35.4 Å². The van der Waals surface area contributed by atoms with Crippen LogP contribution >= 0.6 is 0 Å². The molecule has 96 valence electrons. The smallest absolute Gasteiger partial charge is 0.220 e. The second kappa shape index (κ2) is 5.11. The average molecular weight is 244 g/mol. The van der Waals surface area contributed by atoms with Crippen molar-refractivity contribution in [2.75, 3.05) is 0 Å². The molecule has 1 amide bonds. The summed E-state index contributed by atoms with van der Waals surface area (Å²) in [5, 5.41) is 6.57. The predicted octanol–water partition coefficient (Wildman–Crippen LogP) is 1.76. The number of carbonyl (C=O) groups is 1. The van der Waals surface area contributed by atoms with E-state index in [0.717, 1.165) is 19.4 Å². The zero-order chi connectivity index (χ0) is 12.4. The fourth-order valence-electron chi connectivity index (χ4n) is 2.56. The molecule has 1 aliphatic carbocycles. The van der Waals surface area contributed by atoms with Gasteiger partial charge in [-0.05, 0) is 36.8 Å². The van der Waals surface area contributed by atoms with Crippen molar-refractivity contribution in [3.63, 3.8) is 0 Å². The number of nitrogens with one attached hydrogen (secondary N) is 2. The number of rotatable bonds is 4. The van der Waals surface area contributed by atoms with Gasteiger partial charge in [-0.15, -0.1) is 0 Å². The summed E-state index contributed by atoms with van der Waals surface area (Å²) in [6.45, 7) is 0.936. The molecule has 2 N–H and O–H groups in total. The van der Waals surface area contributed by atoms with Crippen LogP contribution in [0.15, 0.2) is 24.3 Å². The van der Waals surface area contributed by atoms with Crippen molar-refractivity contribution >= 4 is 5.91 Å². The number of amides is 1. The molecule has 1 fully saturated rings. The van der Waals surface area contributed by atoms with E-state index in [0.29, 0.717) is 18.5 Å². The maximum absolute atomic E-state index is 11.6. The van der Waals surface area contributed by atoms with Crippen molar-refractivity contribution in [2.45, 2.75) is 50.7 Å². The van der Waals surface area contributed by atoms with Crippen molar-refractivity contribution in [3.8, 4) is 0 Å². The van der Waals surface area contributed by atoms with Crippen LogP contribution in [0.2, 0.25) is 0 Å². The number of hydrogen-bond donors (Lipinski definition) is 2. The van der Waals surface area contributed by atoms with Gasteiger partial charge in [-0.2, -0.15) is 0 Å². The fourth-order valence-corrected chi connectivity index (χ4v) is 2.56. The molecule has 2 aliphatic rings. The molecule has 3 heteroatoms. The second-order valence-corrected chi connectivity index (χ2v) is 5.43. The van der Waals surface area contributed by atoms with E-state index < -0.39 is 0 Å². The summed E-state index contributed by atoms with van der Waals surface area (Å²) in [6, 6.07) is 9.50. The summed E-state index contributed by atoms with van der Waals surface area (Å²) in [6.07, 6.45) is 4.97. The Hall–Kier alpha value is -1.35. The van der Waals surface area contributed by atoms with Crippen molar-refractivity contribution in [2.24, 2.45) is 0 Å². The van der Waals surface area contributed by atoms with Gasteiger partial charge < -0.3 is 10.6 Å². The molecule has 0 bridgehead atoms. The molecule has 1 aromatic carbocycles. The lowest BCUT2D eigenvalue weighted by Gasteiger charge is -2.26. The largest absolute Gasteiger partial charge is 0.353 e. The monoisotopic (exact) mass is 244 g/mol. The SMILES string of the molecule is O=C(CCC1Cc2ccccc2CN1)NC1CC1. The van der Waals surface area contributed by atoms with Crippen LogP contribution in [0.25, 0.3) is 0 Å². The van der Waals surface area contributed by atoms with Crippen LogP contribution in [0, 0.1) is 0 Å². The molecule has 0 aromatic heterocycles. The van der Waals surface area contributed by atoms with Gasteiger partial charge in [-0.25, -0.2) is 0 Å². The Morgan fingerprint density at radius 1 is 1.28 bits per heavy atom. The van der Waals surface area contributed by atoms with Crippen LogP contribution in [0.5, 0.6) is 0 Å². The standard InChI is InChI=1S/C15H20N2O/c18-15(17-13-5-6-13)8-7-14-9-11-3-1-2-4-12(11)10-16-14/h1-4,13-14,16H,5-10H2,(H,17,18). The van der Waals surface area contributed by atoms with Crippen LogP contribution in [0.3, 0.4) is 0 Å². The van der Waals surface area contributed by atoms with Crippen molar-refractivity contribution < 1.29 is 4.79 Å². The lowest BCUT2D eigenvalue weighted by Crippen LogP contribution is -2.37. The van der Waals surface area contributed by atoms with E-state index >= 15 is 0 Å². The molecular formula is C15H20N2O. The normalized spacial score (nSPS) is 22.3. The topological polar surface area (TPSA) is 41.1 Å². The van der Waals surface area contributed by atoms with E-state index in [1.807, 2.05) is 0 Å². The van der Waals surface area contributed by atoms with E-state index in [1.165, 1.54) is 24.0 Å². The predicted molar refractivity (Wildman–Crippen MR) is 71.2 cm³/mol. The first kappa shape index (κ1) is 11.7. The van der Waals surface area contributed by atoms with Crippen LogP contribution in [0.4, 0.5) is 0 Å². The second-order valence-electron chi connectivity index (χ2n) is 5.43. The van der Waals surface area contributed by atoms with E-state index in [4.69, 9.17) is 0 Å². The maximum Gasteiger partial charge on any atom is 0.220 e. The van der Waals surface area contributed by atoms with Gasteiger partial charge in [0.05, 0.1) is 0 Å². The third-order valence-electron chi connectivity index (χ3n) is 3.83. The van der Waals surface area contributed by atoms with Crippen LogP contribution in [-0.2, 0) is 17.8 Å². The highest BCUT2D eigenvalue weighted by Crippen LogP contribution is 2.20. The lowest BCUT2D eigenvalue weighted by atomic mass is 9.93. The summed E-state index contributed by atoms with van der Waals surface area (Å²) in [5.41, 5.74) is 2.83. The molecule has 3 nitrogen and oxygen atoms in total. The molecule has 3 rings (SSSR count). The Morgan fingerprint density at radius 3 is 2.83 bits per heavy atom. The minimum absolute atomic E-state index is 0.221. The van der Waals surface area contributed by atoms with E-state index in [9.17, 15) is 4.79 Å². The van der Waals surface area contributed by atoms with Gasteiger partial charge in [0.25, 0.3) is 0 Å². The molecule has 1 aromatic rings. The van der Waals surface area contributed by atoms with Crippen LogP contribution in [0.1, 0.15) is 36.8 Å². The molecule has 18 heavy (non-hydrogen) atoms. The van der Waals surface area contributed by atoms with E-state index in [-0.39, 0.29) is 5.91 Å². The zero-order valence-corrected chi connectivity index (χ0v) is 10.6. The maximum atomic E-state index is 11.6. The minimum Gasteiger partial charge on any atom is -0.353 e. The molecule has 1 aliphatic heterocycles. The van der Waals surface area contributed by atoms with E-state index in [2.05, 4.69) is 34.9 Å². The van der Waals surface area contributed by atoms with Crippen molar-refractivity contribution in [1.82, 2.24) is 10.6 Å². The molecule has 0 spiro atoms. The fraction of sp³-hybridized carbons (Fsp3) is 0.533. The van der Waals surface area contributed by atoms with Gasteiger partial charge in [-0.3, -0.25) is 4.79 Å². The van der Waals surface area contributed by atoms with Gasteiger partial charge in [0.15, 0.2) is 0 Å². The van der Waals surface area contributed by atoms with E-state index in [1.54, 1.807) is 0 Å². The first-order valence-corrected chi connectivity index (χ1v) is 6.91. The highest BCUT2D eigenvalue weighted by Gasteiger charge is 2.24. The minimum atomic E-state index is 0.221. The Morgan fingerprint density at radius 2 is 2.06 bits per heavy atom. The number of carbonyl (C=O) groups excluding carboxylic acids is 1. The molecule has 1 heterocycles. The van der Waals surface area contributed by atoms with Crippen LogP contribution in [-0.4, -0.2) is 18.0 Å². The molecule has 1 unspecified atom stereocenters. The third-order valence-corrected chi connectivity index (χ3v) is 3.83. The average Bonchev–Trinajstić information content (AvgIpc) is 3.20. The first-order valence-electron chi connectivity index (χ1n) is 6.91. The zero-order valence-electron chi connectivity index (χ0n) is 10.6. The highest BCUT2D eigenvalue weighted by atomic mass is 16.1. The number of fused-ring (bicyclic) bond motifs is 1. The van der Waals surface area contributed by atoms with Crippen LogP contribution < -0.4 is 10.6 Å².